The second kappa shape index (κ2) is 9.05. The van der Waals surface area contributed by atoms with E-state index in [1.165, 1.54) is 25.7 Å². The predicted molar refractivity (Wildman–Crippen MR) is 66.4 cm³/mol. The summed E-state index contributed by atoms with van der Waals surface area (Å²) >= 11 is 0. The molecule has 0 nitrogen and oxygen atoms in total. The fourth-order valence-corrected chi connectivity index (χ4v) is 1.55. The standard InChI is InChI=1S/C14H26/c1-5-7-10-14(4)12-8-11-13(3)9-6-2/h6,8-9,12-14H,5,7,10-11H2,1-4H3/b9-6+,12-8+. The minimum absolute atomic E-state index is 0.689. The molecule has 0 spiro atoms. The van der Waals surface area contributed by atoms with Gasteiger partial charge in [0.1, 0.15) is 0 Å². The Morgan fingerprint density at radius 3 is 2.36 bits per heavy atom. The lowest BCUT2D eigenvalue weighted by molar-refractivity contribution is 0.594. The van der Waals surface area contributed by atoms with Crippen LogP contribution in [0.15, 0.2) is 24.3 Å². The van der Waals surface area contributed by atoms with Crippen molar-refractivity contribution in [3.05, 3.63) is 24.3 Å². The van der Waals surface area contributed by atoms with Crippen LogP contribution >= 0.6 is 0 Å². The van der Waals surface area contributed by atoms with E-state index in [1.54, 1.807) is 0 Å². The first-order valence-corrected chi connectivity index (χ1v) is 6.00. The largest absolute Gasteiger partial charge is 0.0914 e. The molecule has 0 aromatic heterocycles. The van der Waals surface area contributed by atoms with Crippen molar-refractivity contribution in [2.24, 2.45) is 11.8 Å². The highest BCUT2D eigenvalue weighted by molar-refractivity contribution is 4.92. The van der Waals surface area contributed by atoms with Gasteiger partial charge in [0.2, 0.25) is 0 Å². The molecule has 0 aliphatic rings. The van der Waals surface area contributed by atoms with Crippen molar-refractivity contribution in [2.75, 3.05) is 0 Å². The van der Waals surface area contributed by atoms with Crippen molar-refractivity contribution in [3.8, 4) is 0 Å². The summed E-state index contributed by atoms with van der Waals surface area (Å²) in [6, 6.07) is 0. The Kier molecular flexibility index (Phi) is 8.72. The number of hydrogen-bond acceptors (Lipinski definition) is 0. The van der Waals surface area contributed by atoms with Crippen molar-refractivity contribution < 1.29 is 0 Å². The third-order valence-corrected chi connectivity index (χ3v) is 2.51. The van der Waals surface area contributed by atoms with Crippen molar-refractivity contribution in [1.29, 1.82) is 0 Å². The first-order chi connectivity index (χ1) is 6.70. The SMILES string of the molecule is C/C=C/C(C)C/C=C/C(C)CCCC. The summed E-state index contributed by atoms with van der Waals surface area (Å²) < 4.78 is 0. The van der Waals surface area contributed by atoms with Crippen LogP contribution in [-0.4, -0.2) is 0 Å². The molecule has 0 fully saturated rings. The van der Waals surface area contributed by atoms with Gasteiger partial charge in [-0.25, -0.2) is 0 Å². The zero-order valence-electron chi connectivity index (χ0n) is 10.3. The molecule has 0 rings (SSSR count). The molecule has 0 aromatic rings. The second-order valence-electron chi connectivity index (χ2n) is 4.29. The Bertz CT molecular complexity index is 165. The molecule has 82 valence electrons. The maximum atomic E-state index is 2.37. The highest BCUT2D eigenvalue weighted by Crippen LogP contribution is 2.11. The van der Waals surface area contributed by atoms with Gasteiger partial charge < -0.3 is 0 Å². The molecular weight excluding hydrogens is 168 g/mol. The third kappa shape index (κ3) is 8.10. The van der Waals surface area contributed by atoms with Crippen molar-refractivity contribution >= 4 is 0 Å². The van der Waals surface area contributed by atoms with Gasteiger partial charge in [0, 0.05) is 0 Å². The molecule has 0 amide bonds. The number of hydrogen-bond donors (Lipinski definition) is 0. The molecule has 0 heteroatoms. The lowest BCUT2D eigenvalue weighted by atomic mass is 10.0. The normalized spacial score (nSPS) is 16.6. The molecule has 0 bridgehead atoms. The Balaban J connectivity index is 3.59. The van der Waals surface area contributed by atoms with Crippen molar-refractivity contribution in [1.82, 2.24) is 0 Å². The molecule has 0 N–H and O–H groups in total. The average Bonchev–Trinajstić information content (AvgIpc) is 2.15. The van der Waals surface area contributed by atoms with Gasteiger partial charge in [-0.05, 0) is 31.6 Å². The van der Waals surface area contributed by atoms with Crippen LogP contribution in [0.5, 0.6) is 0 Å². The van der Waals surface area contributed by atoms with Crippen LogP contribution < -0.4 is 0 Å². The first-order valence-electron chi connectivity index (χ1n) is 6.00. The monoisotopic (exact) mass is 194 g/mol. The van der Waals surface area contributed by atoms with E-state index in [-0.39, 0.29) is 0 Å². The molecule has 0 saturated carbocycles. The van der Waals surface area contributed by atoms with E-state index in [9.17, 15) is 0 Å². The lowest BCUT2D eigenvalue weighted by Gasteiger charge is -2.05. The van der Waals surface area contributed by atoms with Crippen LogP contribution in [0.2, 0.25) is 0 Å². The average molecular weight is 194 g/mol. The van der Waals surface area contributed by atoms with E-state index < -0.39 is 0 Å². The molecule has 0 saturated heterocycles. The summed E-state index contributed by atoms with van der Waals surface area (Å²) in [5, 5.41) is 0. The summed E-state index contributed by atoms with van der Waals surface area (Å²) in [6.07, 6.45) is 14.3. The van der Waals surface area contributed by atoms with Crippen LogP contribution in [0, 0.1) is 11.8 Å². The lowest BCUT2D eigenvalue weighted by Crippen LogP contribution is -1.90. The molecule has 0 aliphatic carbocycles. The maximum Gasteiger partial charge on any atom is -0.0227 e. The van der Waals surface area contributed by atoms with Gasteiger partial charge in [-0.15, -0.1) is 0 Å². The molecule has 0 aromatic carbocycles. The van der Waals surface area contributed by atoms with E-state index in [1.807, 2.05) is 0 Å². The summed E-state index contributed by atoms with van der Waals surface area (Å²) in [5.41, 5.74) is 0. The predicted octanol–water partition coefficient (Wildman–Crippen LogP) is 4.97. The zero-order valence-corrected chi connectivity index (χ0v) is 10.3. The number of unbranched alkanes of at least 4 members (excludes halogenated alkanes) is 1. The second-order valence-corrected chi connectivity index (χ2v) is 4.29. The van der Waals surface area contributed by atoms with Crippen molar-refractivity contribution in [3.63, 3.8) is 0 Å². The highest BCUT2D eigenvalue weighted by Gasteiger charge is 1.96. The Morgan fingerprint density at radius 1 is 1.07 bits per heavy atom. The summed E-state index contributed by atoms with van der Waals surface area (Å²) in [6.45, 7) is 8.92. The fraction of sp³-hybridized carbons (Fsp3) is 0.714. The van der Waals surface area contributed by atoms with Gasteiger partial charge in [-0.2, -0.15) is 0 Å². The third-order valence-electron chi connectivity index (χ3n) is 2.51. The first kappa shape index (κ1) is 13.5. The number of allylic oxidation sites excluding steroid dienone is 4. The minimum Gasteiger partial charge on any atom is -0.0914 e. The van der Waals surface area contributed by atoms with Crippen LogP contribution in [0.4, 0.5) is 0 Å². The summed E-state index contributed by atoms with van der Waals surface area (Å²) in [5.74, 6) is 1.45. The number of rotatable bonds is 7. The van der Waals surface area contributed by atoms with Gasteiger partial charge in [-0.3, -0.25) is 0 Å². The molecule has 0 heterocycles. The topological polar surface area (TPSA) is 0 Å². The Morgan fingerprint density at radius 2 is 1.79 bits per heavy atom. The van der Waals surface area contributed by atoms with Gasteiger partial charge in [-0.1, -0.05) is 57.9 Å². The van der Waals surface area contributed by atoms with Gasteiger partial charge in [0.05, 0.1) is 0 Å². The fourth-order valence-electron chi connectivity index (χ4n) is 1.55. The molecular formula is C14H26. The summed E-state index contributed by atoms with van der Waals surface area (Å²) in [7, 11) is 0. The van der Waals surface area contributed by atoms with E-state index in [0.29, 0.717) is 5.92 Å². The van der Waals surface area contributed by atoms with E-state index >= 15 is 0 Å². The van der Waals surface area contributed by atoms with Gasteiger partial charge in [0.15, 0.2) is 0 Å². The quantitative estimate of drug-likeness (QED) is 0.502. The molecule has 2 unspecified atom stereocenters. The van der Waals surface area contributed by atoms with Crippen LogP contribution in [0.1, 0.15) is 53.4 Å². The smallest absolute Gasteiger partial charge is 0.0227 e. The summed E-state index contributed by atoms with van der Waals surface area (Å²) in [4.78, 5) is 0. The van der Waals surface area contributed by atoms with Gasteiger partial charge >= 0.3 is 0 Å². The minimum atomic E-state index is 0.689. The van der Waals surface area contributed by atoms with Crippen LogP contribution in [-0.2, 0) is 0 Å². The van der Waals surface area contributed by atoms with E-state index in [0.717, 1.165) is 5.92 Å². The molecule has 2 atom stereocenters. The van der Waals surface area contributed by atoms with Gasteiger partial charge in [0.25, 0.3) is 0 Å². The van der Waals surface area contributed by atoms with E-state index in [4.69, 9.17) is 0 Å². The maximum absolute atomic E-state index is 2.37. The highest BCUT2D eigenvalue weighted by atomic mass is 14.0. The Labute approximate surface area is 90.1 Å². The van der Waals surface area contributed by atoms with E-state index in [2.05, 4.69) is 52.0 Å². The zero-order chi connectivity index (χ0) is 10.8. The Hall–Kier alpha value is -0.520. The van der Waals surface area contributed by atoms with Crippen LogP contribution in [0.25, 0.3) is 0 Å². The van der Waals surface area contributed by atoms with Crippen molar-refractivity contribution in [2.45, 2.75) is 53.4 Å². The molecule has 0 radical (unpaired) electrons. The molecule has 14 heavy (non-hydrogen) atoms. The molecule has 0 aliphatic heterocycles. The van der Waals surface area contributed by atoms with Crippen LogP contribution in [0.3, 0.4) is 0 Å².